The maximum absolute atomic E-state index is 11.5. The van der Waals surface area contributed by atoms with Crippen molar-refractivity contribution in [2.24, 2.45) is 5.92 Å². The molecule has 5 nitrogen and oxygen atoms in total. The first-order chi connectivity index (χ1) is 8.36. The maximum Gasteiger partial charge on any atom is 0.306 e. The van der Waals surface area contributed by atoms with Gasteiger partial charge in [0, 0.05) is 12.0 Å². The summed E-state index contributed by atoms with van der Waals surface area (Å²) in [6.07, 6.45) is 0.0636. The molecule has 1 atom stereocenters. The molecular formula is C13H18O5. The number of carbonyl (C=O) groups is 1. The van der Waals surface area contributed by atoms with Crippen molar-refractivity contribution in [2.45, 2.75) is 33.1 Å². The average Bonchev–Trinajstić information content (AvgIpc) is 2.30. The van der Waals surface area contributed by atoms with Crippen LogP contribution in [0.5, 0.6) is 5.75 Å². The van der Waals surface area contributed by atoms with E-state index < -0.39 is 17.1 Å². The third-order valence-corrected chi connectivity index (χ3v) is 2.83. The molecule has 100 valence electrons. The molecule has 5 heteroatoms. The Bertz CT molecular complexity index is 487. The lowest BCUT2D eigenvalue weighted by Crippen LogP contribution is -2.16. The van der Waals surface area contributed by atoms with Gasteiger partial charge in [0.15, 0.2) is 5.76 Å². The number of carbonyl (C=O) groups excluding carboxylic acids is 1. The molecule has 0 aliphatic carbocycles. The van der Waals surface area contributed by atoms with Gasteiger partial charge in [-0.25, -0.2) is 0 Å². The Morgan fingerprint density at radius 2 is 2.11 bits per heavy atom. The monoisotopic (exact) mass is 254 g/mol. The summed E-state index contributed by atoms with van der Waals surface area (Å²) in [6.45, 7) is 5.39. The minimum absolute atomic E-state index is 0.0277. The summed E-state index contributed by atoms with van der Waals surface area (Å²) < 4.78 is 10.0. The van der Waals surface area contributed by atoms with Crippen LogP contribution < -0.4 is 5.43 Å². The Balaban J connectivity index is 3.21. The summed E-state index contributed by atoms with van der Waals surface area (Å²) in [5.74, 6) is -0.630. The van der Waals surface area contributed by atoms with Crippen molar-refractivity contribution in [2.75, 3.05) is 7.11 Å². The predicted molar refractivity (Wildman–Crippen MR) is 65.6 cm³/mol. The predicted octanol–water partition coefficient (Wildman–Crippen LogP) is 1.96. The summed E-state index contributed by atoms with van der Waals surface area (Å²) in [5.41, 5.74) is -0.496. The summed E-state index contributed by atoms with van der Waals surface area (Å²) >= 11 is 0. The summed E-state index contributed by atoms with van der Waals surface area (Å²) in [7, 11) is 1.30. The Hall–Kier alpha value is -1.78. The quantitative estimate of drug-likeness (QED) is 0.831. The molecule has 1 heterocycles. The molecule has 1 aromatic rings. The second kappa shape index (κ2) is 5.71. The Labute approximate surface area is 105 Å². The molecule has 0 fully saturated rings. The van der Waals surface area contributed by atoms with Crippen molar-refractivity contribution in [3.8, 4) is 5.75 Å². The molecule has 0 saturated carbocycles. The molecule has 18 heavy (non-hydrogen) atoms. The SMILES string of the molecule is COC(=O)C[C@@H](c1oc(C)cc(=O)c1O)C(C)C. The number of rotatable bonds is 4. The van der Waals surface area contributed by atoms with E-state index in [0.29, 0.717) is 5.76 Å². The van der Waals surface area contributed by atoms with Crippen LogP contribution in [0.4, 0.5) is 0 Å². The van der Waals surface area contributed by atoms with Gasteiger partial charge in [0.05, 0.1) is 13.5 Å². The molecular weight excluding hydrogens is 236 g/mol. The fourth-order valence-corrected chi connectivity index (χ4v) is 1.77. The largest absolute Gasteiger partial charge is 0.502 e. The number of methoxy groups -OCH3 is 1. The molecule has 0 bridgehead atoms. The van der Waals surface area contributed by atoms with Gasteiger partial charge < -0.3 is 14.3 Å². The Morgan fingerprint density at radius 1 is 1.50 bits per heavy atom. The summed E-state index contributed by atoms with van der Waals surface area (Å²) in [4.78, 5) is 22.9. The van der Waals surface area contributed by atoms with E-state index in [4.69, 9.17) is 4.42 Å². The fourth-order valence-electron chi connectivity index (χ4n) is 1.77. The Kier molecular flexibility index (Phi) is 4.53. The van der Waals surface area contributed by atoms with Gasteiger partial charge >= 0.3 is 5.97 Å². The normalized spacial score (nSPS) is 12.5. The van der Waals surface area contributed by atoms with E-state index in [2.05, 4.69) is 4.74 Å². The lowest BCUT2D eigenvalue weighted by molar-refractivity contribution is -0.141. The van der Waals surface area contributed by atoms with E-state index in [1.54, 1.807) is 6.92 Å². The minimum atomic E-state index is -0.496. The molecule has 0 aliphatic rings. The van der Waals surface area contributed by atoms with Gasteiger partial charge in [0.25, 0.3) is 0 Å². The van der Waals surface area contributed by atoms with E-state index in [-0.39, 0.29) is 24.0 Å². The number of ether oxygens (including phenoxy) is 1. The number of aryl methyl sites for hydroxylation is 1. The lowest BCUT2D eigenvalue weighted by Gasteiger charge is -2.19. The van der Waals surface area contributed by atoms with Gasteiger partial charge in [0.1, 0.15) is 5.76 Å². The Morgan fingerprint density at radius 3 is 2.61 bits per heavy atom. The number of aromatic hydroxyl groups is 1. The van der Waals surface area contributed by atoms with Crippen LogP contribution in [0.15, 0.2) is 15.3 Å². The highest BCUT2D eigenvalue weighted by Crippen LogP contribution is 2.32. The highest BCUT2D eigenvalue weighted by atomic mass is 16.5. The van der Waals surface area contributed by atoms with Crippen molar-refractivity contribution in [3.63, 3.8) is 0 Å². The molecule has 0 aromatic carbocycles. The zero-order valence-corrected chi connectivity index (χ0v) is 11.0. The van der Waals surface area contributed by atoms with E-state index in [1.165, 1.54) is 13.2 Å². The second-order valence-corrected chi connectivity index (χ2v) is 4.56. The fraction of sp³-hybridized carbons (Fsp3) is 0.538. The molecule has 1 rings (SSSR count). The number of hydrogen-bond donors (Lipinski definition) is 1. The topological polar surface area (TPSA) is 76.7 Å². The van der Waals surface area contributed by atoms with Gasteiger partial charge in [-0.1, -0.05) is 13.8 Å². The van der Waals surface area contributed by atoms with Crippen LogP contribution in [-0.2, 0) is 9.53 Å². The second-order valence-electron chi connectivity index (χ2n) is 4.56. The first-order valence-corrected chi connectivity index (χ1v) is 5.77. The maximum atomic E-state index is 11.5. The van der Waals surface area contributed by atoms with Crippen molar-refractivity contribution in [3.05, 3.63) is 27.8 Å². The molecule has 0 saturated heterocycles. The third kappa shape index (κ3) is 3.12. The summed E-state index contributed by atoms with van der Waals surface area (Å²) in [5, 5.41) is 9.77. The molecule has 0 radical (unpaired) electrons. The van der Waals surface area contributed by atoms with Crippen molar-refractivity contribution < 1.29 is 19.1 Å². The molecule has 1 aromatic heterocycles. The van der Waals surface area contributed by atoms with Crippen LogP contribution in [-0.4, -0.2) is 18.2 Å². The lowest BCUT2D eigenvalue weighted by atomic mass is 9.89. The van der Waals surface area contributed by atoms with E-state index >= 15 is 0 Å². The van der Waals surface area contributed by atoms with Gasteiger partial charge in [-0.3, -0.25) is 9.59 Å². The van der Waals surface area contributed by atoms with Crippen LogP contribution in [0.2, 0.25) is 0 Å². The first-order valence-electron chi connectivity index (χ1n) is 5.77. The molecule has 0 spiro atoms. The van der Waals surface area contributed by atoms with E-state index in [0.717, 1.165) is 0 Å². The first kappa shape index (κ1) is 14.3. The zero-order chi connectivity index (χ0) is 13.9. The highest BCUT2D eigenvalue weighted by molar-refractivity contribution is 5.70. The van der Waals surface area contributed by atoms with Gasteiger partial charge in [-0.15, -0.1) is 0 Å². The molecule has 0 aliphatic heterocycles. The molecule has 0 unspecified atom stereocenters. The minimum Gasteiger partial charge on any atom is -0.502 e. The number of esters is 1. The smallest absolute Gasteiger partial charge is 0.306 e. The zero-order valence-electron chi connectivity index (χ0n) is 11.0. The van der Waals surface area contributed by atoms with Crippen LogP contribution in [0.25, 0.3) is 0 Å². The van der Waals surface area contributed by atoms with E-state index in [9.17, 15) is 14.7 Å². The van der Waals surface area contributed by atoms with Crippen LogP contribution >= 0.6 is 0 Å². The van der Waals surface area contributed by atoms with Crippen molar-refractivity contribution >= 4 is 5.97 Å². The average molecular weight is 254 g/mol. The van der Waals surface area contributed by atoms with Gasteiger partial charge in [-0.05, 0) is 12.8 Å². The van der Waals surface area contributed by atoms with Crippen LogP contribution in [0.1, 0.15) is 37.7 Å². The standard InChI is InChI=1S/C13H18O5/c1-7(2)9(6-11(15)17-4)13-12(16)10(14)5-8(3)18-13/h5,7,9,16H,6H2,1-4H3/t9-/m1/s1. The third-order valence-electron chi connectivity index (χ3n) is 2.83. The molecule has 1 N–H and O–H groups in total. The van der Waals surface area contributed by atoms with Gasteiger partial charge in [0.2, 0.25) is 11.2 Å². The van der Waals surface area contributed by atoms with Crippen molar-refractivity contribution in [1.82, 2.24) is 0 Å². The highest BCUT2D eigenvalue weighted by Gasteiger charge is 2.26. The van der Waals surface area contributed by atoms with Crippen LogP contribution in [0, 0.1) is 12.8 Å². The van der Waals surface area contributed by atoms with Crippen LogP contribution in [0.3, 0.4) is 0 Å². The van der Waals surface area contributed by atoms with E-state index in [1.807, 2.05) is 13.8 Å². The van der Waals surface area contributed by atoms with Crippen molar-refractivity contribution in [1.29, 1.82) is 0 Å². The van der Waals surface area contributed by atoms with Gasteiger partial charge in [-0.2, -0.15) is 0 Å². The number of hydrogen-bond acceptors (Lipinski definition) is 5. The molecule has 0 amide bonds. The summed E-state index contributed by atoms with van der Waals surface area (Å²) in [6, 6.07) is 1.22.